The van der Waals surface area contributed by atoms with Crippen LogP contribution in [-0.4, -0.2) is 23.0 Å². The molecule has 1 nitrogen and oxygen atoms in total. The minimum absolute atomic E-state index is 0.193. The van der Waals surface area contributed by atoms with Crippen LogP contribution in [0, 0.1) is 0 Å². The first-order chi connectivity index (χ1) is 5.43. The monoisotopic (exact) mass is 163 g/mol. The standard InChI is InChI=1S/C11H17N/c1-8-9(2)11(4)7-6-10(8,3)12(11)5/h6-7H,1-5H3. The molecule has 0 amide bonds. The van der Waals surface area contributed by atoms with Gasteiger partial charge in [0.2, 0.25) is 0 Å². The molecule has 2 aliphatic heterocycles. The lowest BCUT2D eigenvalue weighted by molar-refractivity contribution is 0.189. The van der Waals surface area contributed by atoms with Gasteiger partial charge < -0.3 is 0 Å². The summed E-state index contributed by atoms with van der Waals surface area (Å²) in [6.07, 6.45) is 4.66. The van der Waals surface area contributed by atoms with Gasteiger partial charge in [-0.1, -0.05) is 12.2 Å². The van der Waals surface area contributed by atoms with Crippen molar-refractivity contribution in [2.45, 2.75) is 38.8 Å². The Labute approximate surface area is 74.8 Å². The lowest BCUT2D eigenvalue weighted by Crippen LogP contribution is -2.44. The Morgan fingerprint density at radius 1 is 1.00 bits per heavy atom. The number of nitrogens with zero attached hydrogens (tertiary/aromatic N) is 1. The van der Waals surface area contributed by atoms with E-state index < -0.39 is 0 Å². The smallest absolute Gasteiger partial charge is 0.0585 e. The molecule has 66 valence electrons. The molecule has 2 unspecified atom stereocenters. The zero-order valence-electron chi connectivity index (χ0n) is 8.60. The lowest BCUT2D eigenvalue weighted by Gasteiger charge is -2.33. The summed E-state index contributed by atoms with van der Waals surface area (Å²) < 4.78 is 0. The van der Waals surface area contributed by atoms with Gasteiger partial charge in [0.15, 0.2) is 0 Å². The molecule has 0 N–H and O–H groups in total. The molecule has 2 atom stereocenters. The van der Waals surface area contributed by atoms with Crippen LogP contribution in [0.4, 0.5) is 0 Å². The van der Waals surface area contributed by atoms with Crippen LogP contribution in [-0.2, 0) is 0 Å². The molecule has 0 saturated heterocycles. The van der Waals surface area contributed by atoms with E-state index in [0.717, 1.165) is 0 Å². The van der Waals surface area contributed by atoms with Crippen molar-refractivity contribution in [1.82, 2.24) is 4.90 Å². The van der Waals surface area contributed by atoms with Gasteiger partial charge in [-0.15, -0.1) is 0 Å². The summed E-state index contributed by atoms with van der Waals surface area (Å²) in [4.78, 5) is 2.45. The molecule has 0 saturated carbocycles. The topological polar surface area (TPSA) is 3.24 Å². The molecular formula is C11H17N. The van der Waals surface area contributed by atoms with E-state index in [9.17, 15) is 0 Å². The van der Waals surface area contributed by atoms with E-state index in [2.05, 4.69) is 51.8 Å². The van der Waals surface area contributed by atoms with Gasteiger partial charge in [0, 0.05) is 0 Å². The van der Waals surface area contributed by atoms with E-state index in [1.54, 1.807) is 0 Å². The largest absolute Gasteiger partial charge is 0.281 e. The second kappa shape index (κ2) is 1.85. The molecule has 0 aromatic rings. The molecule has 0 fully saturated rings. The van der Waals surface area contributed by atoms with Crippen molar-refractivity contribution < 1.29 is 0 Å². The molecule has 2 heterocycles. The molecule has 2 bridgehead atoms. The van der Waals surface area contributed by atoms with Crippen LogP contribution in [0.3, 0.4) is 0 Å². The fraction of sp³-hybridized carbons (Fsp3) is 0.636. The summed E-state index contributed by atoms with van der Waals surface area (Å²) in [5.74, 6) is 0. The number of hydrogen-bond donors (Lipinski definition) is 0. The van der Waals surface area contributed by atoms with Crippen LogP contribution < -0.4 is 0 Å². The maximum Gasteiger partial charge on any atom is 0.0585 e. The first kappa shape index (κ1) is 8.06. The Hall–Kier alpha value is -0.560. The molecule has 12 heavy (non-hydrogen) atoms. The van der Waals surface area contributed by atoms with Gasteiger partial charge in [-0.3, -0.25) is 4.90 Å². The summed E-state index contributed by atoms with van der Waals surface area (Å²) >= 11 is 0. The predicted molar refractivity (Wildman–Crippen MR) is 52.1 cm³/mol. The third-order valence-corrected chi connectivity index (χ3v) is 4.21. The van der Waals surface area contributed by atoms with Crippen molar-refractivity contribution in [3.8, 4) is 0 Å². The van der Waals surface area contributed by atoms with Crippen LogP contribution >= 0.6 is 0 Å². The average Bonchev–Trinajstić information content (AvgIpc) is 2.33. The SMILES string of the molecule is CC1=C(C)C2(C)C=CC1(C)N2C. The minimum atomic E-state index is 0.193. The van der Waals surface area contributed by atoms with Gasteiger partial charge in [0.1, 0.15) is 0 Å². The summed E-state index contributed by atoms with van der Waals surface area (Å²) in [5.41, 5.74) is 3.43. The fourth-order valence-electron chi connectivity index (χ4n) is 2.54. The second-order valence-corrected chi connectivity index (χ2v) is 4.44. The summed E-state index contributed by atoms with van der Waals surface area (Å²) in [6, 6.07) is 0. The Kier molecular flexibility index (Phi) is 1.24. The Bertz CT molecular complexity index is 272. The van der Waals surface area contributed by atoms with E-state index >= 15 is 0 Å². The van der Waals surface area contributed by atoms with E-state index in [0.29, 0.717) is 0 Å². The summed E-state index contributed by atoms with van der Waals surface area (Å²) in [5, 5.41) is 0. The highest BCUT2D eigenvalue weighted by molar-refractivity contribution is 5.51. The Morgan fingerprint density at radius 3 is 1.50 bits per heavy atom. The molecule has 0 spiro atoms. The first-order valence-electron chi connectivity index (χ1n) is 4.56. The molecule has 0 radical (unpaired) electrons. The van der Waals surface area contributed by atoms with Gasteiger partial charge in [-0.2, -0.15) is 0 Å². The van der Waals surface area contributed by atoms with Crippen LogP contribution in [0.1, 0.15) is 27.7 Å². The van der Waals surface area contributed by atoms with E-state index in [1.165, 1.54) is 11.1 Å². The second-order valence-electron chi connectivity index (χ2n) is 4.44. The van der Waals surface area contributed by atoms with Gasteiger partial charge in [0.05, 0.1) is 11.1 Å². The third kappa shape index (κ3) is 0.567. The minimum Gasteiger partial charge on any atom is -0.281 e. The van der Waals surface area contributed by atoms with Crippen molar-refractivity contribution in [2.75, 3.05) is 7.05 Å². The van der Waals surface area contributed by atoms with Crippen molar-refractivity contribution >= 4 is 0 Å². The molecule has 0 aromatic heterocycles. The maximum atomic E-state index is 2.45. The third-order valence-electron chi connectivity index (χ3n) is 4.21. The van der Waals surface area contributed by atoms with E-state index in [4.69, 9.17) is 0 Å². The van der Waals surface area contributed by atoms with E-state index in [1.807, 2.05) is 0 Å². The highest BCUT2D eigenvalue weighted by atomic mass is 15.3. The van der Waals surface area contributed by atoms with Crippen LogP contribution in [0.5, 0.6) is 0 Å². The molecule has 1 heteroatoms. The zero-order valence-corrected chi connectivity index (χ0v) is 8.60. The summed E-state index contributed by atoms with van der Waals surface area (Å²) in [6.45, 7) is 9.09. The molecule has 2 aliphatic rings. The van der Waals surface area contributed by atoms with Crippen LogP contribution in [0.2, 0.25) is 0 Å². The maximum absolute atomic E-state index is 2.45. The Balaban J connectivity index is 2.63. The van der Waals surface area contributed by atoms with Gasteiger partial charge in [-0.25, -0.2) is 0 Å². The molecule has 2 rings (SSSR count). The predicted octanol–water partition coefficient (Wildman–Crippen LogP) is 2.36. The number of fused-ring (bicyclic) bond motifs is 2. The van der Waals surface area contributed by atoms with Crippen LogP contribution in [0.25, 0.3) is 0 Å². The van der Waals surface area contributed by atoms with Crippen molar-refractivity contribution in [2.24, 2.45) is 0 Å². The quantitative estimate of drug-likeness (QED) is 0.495. The van der Waals surface area contributed by atoms with Gasteiger partial charge in [-0.05, 0) is 45.9 Å². The van der Waals surface area contributed by atoms with Crippen LogP contribution in [0.15, 0.2) is 23.3 Å². The van der Waals surface area contributed by atoms with Crippen molar-refractivity contribution in [3.05, 3.63) is 23.3 Å². The highest BCUT2D eigenvalue weighted by Gasteiger charge is 2.52. The zero-order chi connectivity index (χ0) is 9.15. The lowest BCUT2D eigenvalue weighted by atomic mass is 9.85. The average molecular weight is 163 g/mol. The number of hydrogen-bond acceptors (Lipinski definition) is 1. The summed E-state index contributed by atoms with van der Waals surface area (Å²) in [7, 11) is 2.21. The normalized spacial score (nSPS) is 46.4. The fourth-order valence-corrected chi connectivity index (χ4v) is 2.54. The number of likely N-dealkylation sites (N-methyl/N-ethyl adjacent to an activating group) is 1. The van der Waals surface area contributed by atoms with Crippen molar-refractivity contribution in [1.29, 1.82) is 0 Å². The molecule has 0 aliphatic carbocycles. The molecular weight excluding hydrogens is 146 g/mol. The highest BCUT2D eigenvalue weighted by Crippen LogP contribution is 2.50. The number of rotatable bonds is 0. The van der Waals surface area contributed by atoms with E-state index in [-0.39, 0.29) is 11.1 Å². The van der Waals surface area contributed by atoms with Gasteiger partial charge in [0.25, 0.3) is 0 Å². The molecule has 0 aromatic carbocycles. The first-order valence-corrected chi connectivity index (χ1v) is 4.56. The van der Waals surface area contributed by atoms with Crippen molar-refractivity contribution in [3.63, 3.8) is 0 Å². The Morgan fingerprint density at radius 2 is 1.33 bits per heavy atom. The van der Waals surface area contributed by atoms with Gasteiger partial charge >= 0.3 is 0 Å².